The molecule has 6 rings (SSSR count). The number of hydrogen-bond acceptors (Lipinski definition) is 6. The second-order valence-electron chi connectivity index (χ2n) is 9.63. The number of carboxylic acid groups (broad SMARTS) is 1. The lowest BCUT2D eigenvalue weighted by Crippen LogP contribution is -2.33. The van der Waals surface area contributed by atoms with Crippen LogP contribution in [0.2, 0.25) is 5.02 Å². The number of fused-ring (bicyclic) bond motifs is 2. The predicted octanol–water partition coefficient (Wildman–Crippen LogP) is 5.21. The van der Waals surface area contributed by atoms with Crippen molar-refractivity contribution in [2.45, 2.75) is 31.4 Å². The summed E-state index contributed by atoms with van der Waals surface area (Å²) in [7, 11) is 1.89. The number of hydrogen-bond donors (Lipinski definition) is 1. The Hall–Kier alpha value is -3.62. The number of piperidine rings is 1. The number of pyridine rings is 1. The standard InChI is InChI=1S/C28H27ClN4O4/c1-32-25(30-21-9-10-22(28(34)35)31-27(21)32)15-33-13-11-17(12-14-33)20-3-2-4-23-26(20)36-16-24(37-23)18-5-7-19(29)8-6-18/h2-10,17,24H,11-16H2,1H3,(H,34,35). The van der Waals surface area contributed by atoms with Crippen molar-refractivity contribution in [1.29, 1.82) is 0 Å². The topological polar surface area (TPSA) is 89.7 Å². The first-order chi connectivity index (χ1) is 18.0. The highest BCUT2D eigenvalue weighted by Gasteiger charge is 2.30. The van der Waals surface area contributed by atoms with Crippen LogP contribution in [-0.4, -0.2) is 50.2 Å². The van der Waals surface area contributed by atoms with Crippen molar-refractivity contribution in [2.75, 3.05) is 19.7 Å². The monoisotopic (exact) mass is 518 g/mol. The first kappa shape index (κ1) is 23.8. The number of aromatic carboxylic acids is 1. The molecule has 8 nitrogen and oxygen atoms in total. The van der Waals surface area contributed by atoms with E-state index in [4.69, 9.17) is 26.1 Å². The van der Waals surface area contributed by atoms with Crippen molar-refractivity contribution in [3.05, 3.63) is 82.3 Å². The summed E-state index contributed by atoms with van der Waals surface area (Å²) in [6, 6.07) is 17.1. The first-order valence-electron chi connectivity index (χ1n) is 12.4. The number of aryl methyl sites for hydroxylation is 1. The highest BCUT2D eigenvalue weighted by Crippen LogP contribution is 2.44. The molecule has 0 spiro atoms. The number of imidazole rings is 1. The van der Waals surface area contributed by atoms with E-state index < -0.39 is 5.97 Å². The number of carboxylic acids is 1. The van der Waals surface area contributed by atoms with E-state index in [1.807, 2.05) is 48.0 Å². The van der Waals surface area contributed by atoms with Crippen LogP contribution in [0.3, 0.4) is 0 Å². The molecular formula is C28H27ClN4O4. The van der Waals surface area contributed by atoms with Crippen molar-refractivity contribution in [1.82, 2.24) is 19.4 Å². The van der Waals surface area contributed by atoms with E-state index in [0.717, 1.165) is 48.8 Å². The normalized spacial score (nSPS) is 18.3. The quantitative estimate of drug-likeness (QED) is 0.388. The Morgan fingerprint density at radius 1 is 1.08 bits per heavy atom. The Balaban J connectivity index is 1.13. The summed E-state index contributed by atoms with van der Waals surface area (Å²) < 4.78 is 14.5. The van der Waals surface area contributed by atoms with Crippen molar-refractivity contribution >= 4 is 28.7 Å². The Morgan fingerprint density at radius 2 is 1.86 bits per heavy atom. The van der Waals surface area contributed by atoms with Crippen LogP contribution >= 0.6 is 11.6 Å². The summed E-state index contributed by atoms with van der Waals surface area (Å²) in [5, 5.41) is 9.95. The van der Waals surface area contributed by atoms with Gasteiger partial charge in [0.15, 0.2) is 28.9 Å². The molecule has 37 heavy (non-hydrogen) atoms. The summed E-state index contributed by atoms with van der Waals surface area (Å²) in [6.07, 6.45) is 1.86. The number of carbonyl (C=O) groups is 1. The fourth-order valence-corrected chi connectivity index (χ4v) is 5.39. The largest absolute Gasteiger partial charge is 0.485 e. The minimum absolute atomic E-state index is 0.0275. The summed E-state index contributed by atoms with van der Waals surface area (Å²) in [6.45, 7) is 3.02. The zero-order chi connectivity index (χ0) is 25.5. The molecule has 1 atom stereocenters. The molecule has 190 valence electrons. The maximum absolute atomic E-state index is 11.3. The van der Waals surface area contributed by atoms with Crippen LogP contribution in [-0.2, 0) is 13.6 Å². The molecule has 9 heteroatoms. The third kappa shape index (κ3) is 4.63. The van der Waals surface area contributed by atoms with Crippen LogP contribution in [0, 0.1) is 0 Å². The van der Waals surface area contributed by atoms with Crippen molar-refractivity contribution in [3.63, 3.8) is 0 Å². The molecule has 0 bridgehead atoms. The zero-order valence-corrected chi connectivity index (χ0v) is 21.2. The van der Waals surface area contributed by atoms with Gasteiger partial charge in [-0.25, -0.2) is 14.8 Å². The lowest BCUT2D eigenvalue weighted by molar-refractivity contribution is 0.0691. The second kappa shape index (κ2) is 9.68. The molecule has 1 fully saturated rings. The van der Waals surface area contributed by atoms with Gasteiger partial charge in [-0.3, -0.25) is 4.90 Å². The lowest BCUT2D eigenvalue weighted by atomic mass is 9.88. The van der Waals surface area contributed by atoms with Gasteiger partial charge in [0.2, 0.25) is 0 Å². The van der Waals surface area contributed by atoms with Gasteiger partial charge in [-0.15, -0.1) is 0 Å². The predicted molar refractivity (Wildman–Crippen MR) is 139 cm³/mol. The SMILES string of the molecule is Cn1c(CN2CCC(c3cccc4c3OCC(c3ccc(Cl)cc3)O4)CC2)nc2ccc(C(=O)O)nc21. The number of nitrogens with zero attached hydrogens (tertiary/aromatic N) is 4. The van der Waals surface area contributed by atoms with E-state index >= 15 is 0 Å². The summed E-state index contributed by atoms with van der Waals surface area (Å²) in [4.78, 5) is 22.6. The molecule has 4 aromatic rings. The van der Waals surface area contributed by atoms with Crippen molar-refractivity contribution in [3.8, 4) is 11.5 Å². The molecule has 0 saturated carbocycles. The van der Waals surface area contributed by atoms with Crippen LogP contribution < -0.4 is 9.47 Å². The number of ether oxygens (including phenoxy) is 2. The molecule has 2 aliphatic rings. The van der Waals surface area contributed by atoms with E-state index in [1.165, 1.54) is 11.6 Å². The molecule has 1 saturated heterocycles. The highest BCUT2D eigenvalue weighted by atomic mass is 35.5. The second-order valence-corrected chi connectivity index (χ2v) is 10.1. The molecule has 2 aliphatic heterocycles. The van der Waals surface area contributed by atoms with E-state index in [2.05, 4.69) is 16.0 Å². The number of para-hydroxylation sites is 1. The summed E-state index contributed by atoms with van der Waals surface area (Å²) >= 11 is 6.03. The zero-order valence-electron chi connectivity index (χ0n) is 20.4. The van der Waals surface area contributed by atoms with E-state index in [-0.39, 0.29) is 11.8 Å². The number of aromatic nitrogens is 3. The van der Waals surface area contributed by atoms with E-state index in [0.29, 0.717) is 35.3 Å². The van der Waals surface area contributed by atoms with E-state index in [1.54, 1.807) is 6.07 Å². The lowest BCUT2D eigenvalue weighted by Gasteiger charge is -2.34. The first-order valence-corrected chi connectivity index (χ1v) is 12.8. The van der Waals surface area contributed by atoms with Gasteiger partial charge in [-0.2, -0.15) is 0 Å². The molecule has 0 amide bonds. The Kier molecular flexibility index (Phi) is 6.22. The van der Waals surface area contributed by atoms with Gasteiger partial charge in [-0.1, -0.05) is 35.9 Å². The van der Waals surface area contributed by atoms with Gasteiger partial charge < -0.3 is 19.1 Å². The van der Waals surface area contributed by atoms with Crippen LogP contribution in [0.1, 0.15) is 52.3 Å². The maximum Gasteiger partial charge on any atom is 0.354 e. The Morgan fingerprint density at radius 3 is 2.62 bits per heavy atom. The number of benzene rings is 2. The minimum atomic E-state index is -1.04. The van der Waals surface area contributed by atoms with Crippen molar-refractivity contribution < 1.29 is 19.4 Å². The van der Waals surface area contributed by atoms with Crippen LogP contribution in [0.25, 0.3) is 11.2 Å². The minimum Gasteiger partial charge on any atom is -0.485 e. The van der Waals surface area contributed by atoms with Crippen molar-refractivity contribution in [2.24, 2.45) is 7.05 Å². The van der Waals surface area contributed by atoms with Crippen LogP contribution in [0.5, 0.6) is 11.5 Å². The average molecular weight is 519 g/mol. The van der Waals surface area contributed by atoms with Gasteiger partial charge in [0.25, 0.3) is 0 Å². The Labute approximate surface area is 219 Å². The molecule has 0 aliphatic carbocycles. The molecular weight excluding hydrogens is 492 g/mol. The van der Waals surface area contributed by atoms with Crippen LogP contribution in [0.4, 0.5) is 0 Å². The van der Waals surface area contributed by atoms with E-state index in [9.17, 15) is 9.90 Å². The average Bonchev–Trinajstić information content (AvgIpc) is 3.23. The third-order valence-electron chi connectivity index (χ3n) is 7.32. The fourth-order valence-electron chi connectivity index (χ4n) is 5.26. The molecule has 4 heterocycles. The molecule has 1 unspecified atom stereocenters. The maximum atomic E-state index is 11.3. The van der Waals surface area contributed by atoms with Gasteiger partial charge in [-0.05, 0) is 67.7 Å². The molecule has 2 aromatic carbocycles. The molecule has 2 aromatic heterocycles. The molecule has 1 N–H and O–H groups in total. The summed E-state index contributed by atoms with van der Waals surface area (Å²) in [5.74, 6) is 1.89. The summed E-state index contributed by atoms with van der Waals surface area (Å²) in [5.41, 5.74) is 3.58. The highest BCUT2D eigenvalue weighted by molar-refractivity contribution is 6.30. The molecule has 0 radical (unpaired) electrons. The number of likely N-dealkylation sites (tertiary alicyclic amines) is 1. The third-order valence-corrected chi connectivity index (χ3v) is 7.57. The Bertz CT molecular complexity index is 1460. The fraction of sp³-hybridized carbons (Fsp3) is 0.321. The number of halogens is 1. The van der Waals surface area contributed by atoms with Gasteiger partial charge in [0, 0.05) is 17.6 Å². The van der Waals surface area contributed by atoms with Gasteiger partial charge >= 0.3 is 5.97 Å². The van der Waals surface area contributed by atoms with Gasteiger partial charge in [0.05, 0.1) is 6.54 Å². The van der Waals surface area contributed by atoms with Crippen LogP contribution in [0.15, 0.2) is 54.6 Å². The smallest absolute Gasteiger partial charge is 0.354 e. The van der Waals surface area contributed by atoms with Gasteiger partial charge in [0.1, 0.15) is 17.9 Å². The number of rotatable bonds is 5.